The molecular formula is C13H11NO2. The summed E-state index contributed by atoms with van der Waals surface area (Å²) in [6.45, 7) is 0.737. The number of hydrogen-bond acceptors (Lipinski definition) is 2. The second kappa shape index (κ2) is 3.23. The van der Waals surface area contributed by atoms with Gasteiger partial charge in [0.05, 0.1) is 12.8 Å². The molecule has 1 aromatic heterocycles. The fourth-order valence-corrected chi connectivity index (χ4v) is 2.13. The van der Waals surface area contributed by atoms with Gasteiger partial charge >= 0.3 is 0 Å². The van der Waals surface area contributed by atoms with Gasteiger partial charge in [-0.25, -0.2) is 0 Å². The topological polar surface area (TPSA) is 31.2 Å². The predicted octanol–water partition coefficient (Wildman–Crippen LogP) is 2.09. The molecule has 0 radical (unpaired) electrons. The summed E-state index contributed by atoms with van der Waals surface area (Å²) >= 11 is 0. The molecule has 80 valence electrons. The number of benzene rings is 1. The molecule has 3 nitrogen and oxygen atoms in total. The molecule has 0 bridgehead atoms. The molecular weight excluding hydrogens is 202 g/mol. The minimum Gasteiger partial charge on any atom is -0.497 e. The van der Waals surface area contributed by atoms with Crippen molar-refractivity contribution < 1.29 is 9.53 Å². The Hall–Kier alpha value is -2.03. The molecule has 0 spiro atoms. The van der Waals surface area contributed by atoms with Crippen LogP contribution in [0.2, 0.25) is 0 Å². The Morgan fingerprint density at radius 3 is 3.00 bits per heavy atom. The first-order valence-electron chi connectivity index (χ1n) is 5.16. The van der Waals surface area contributed by atoms with Gasteiger partial charge in [-0.3, -0.25) is 4.79 Å². The SMILES string of the molecule is COc1ccc2c(c1)Cn1cccc1C2=O. The molecule has 0 fully saturated rings. The summed E-state index contributed by atoms with van der Waals surface area (Å²) in [5.41, 5.74) is 2.57. The van der Waals surface area contributed by atoms with Gasteiger partial charge in [0.2, 0.25) is 5.78 Å². The Labute approximate surface area is 93.3 Å². The quantitative estimate of drug-likeness (QED) is 0.619. The van der Waals surface area contributed by atoms with Crippen LogP contribution in [-0.2, 0) is 6.54 Å². The predicted molar refractivity (Wildman–Crippen MR) is 60.0 cm³/mol. The van der Waals surface area contributed by atoms with Crippen LogP contribution >= 0.6 is 0 Å². The molecule has 2 aromatic rings. The first-order valence-corrected chi connectivity index (χ1v) is 5.16. The second-order valence-electron chi connectivity index (χ2n) is 3.87. The zero-order chi connectivity index (χ0) is 11.1. The highest BCUT2D eigenvalue weighted by atomic mass is 16.5. The summed E-state index contributed by atoms with van der Waals surface area (Å²) in [6.07, 6.45) is 1.93. The number of aromatic nitrogens is 1. The number of carbonyl (C=O) groups excluding carboxylic acids is 1. The largest absolute Gasteiger partial charge is 0.497 e. The van der Waals surface area contributed by atoms with E-state index in [1.807, 2.05) is 41.1 Å². The highest BCUT2D eigenvalue weighted by Gasteiger charge is 2.22. The lowest BCUT2D eigenvalue weighted by Gasteiger charge is -2.18. The van der Waals surface area contributed by atoms with E-state index in [9.17, 15) is 4.79 Å². The molecule has 1 aliphatic heterocycles. The Morgan fingerprint density at radius 1 is 1.31 bits per heavy atom. The summed E-state index contributed by atoms with van der Waals surface area (Å²) in [7, 11) is 1.63. The van der Waals surface area contributed by atoms with Crippen LogP contribution in [0, 0.1) is 0 Å². The number of ketones is 1. The van der Waals surface area contributed by atoms with Gasteiger partial charge in [0.1, 0.15) is 5.75 Å². The van der Waals surface area contributed by atoms with Gasteiger partial charge in [-0.1, -0.05) is 0 Å². The third-order valence-electron chi connectivity index (χ3n) is 2.96. The first kappa shape index (κ1) is 9.21. The summed E-state index contributed by atoms with van der Waals surface area (Å²) in [5, 5.41) is 0. The Bertz CT molecular complexity index is 569. The van der Waals surface area contributed by atoms with E-state index in [1.165, 1.54) is 0 Å². The van der Waals surface area contributed by atoms with Crippen molar-refractivity contribution >= 4 is 5.78 Å². The van der Waals surface area contributed by atoms with Crippen molar-refractivity contribution in [1.82, 2.24) is 4.57 Å². The summed E-state index contributed by atoms with van der Waals surface area (Å²) < 4.78 is 7.13. The number of rotatable bonds is 1. The fourth-order valence-electron chi connectivity index (χ4n) is 2.13. The lowest BCUT2D eigenvalue weighted by molar-refractivity contribution is 0.102. The summed E-state index contributed by atoms with van der Waals surface area (Å²) in [4.78, 5) is 12.1. The average Bonchev–Trinajstić information content (AvgIpc) is 2.77. The first-order chi connectivity index (χ1) is 7.79. The van der Waals surface area contributed by atoms with Crippen LogP contribution in [0.4, 0.5) is 0 Å². The zero-order valence-electron chi connectivity index (χ0n) is 8.93. The molecule has 0 aliphatic carbocycles. The van der Waals surface area contributed by atoms with E-state index < -0.39 is 0 Å². The van der Waals surface area contributed by atoms with Crippen LogP contribution in [0.3, 0.4) is 0 Å². The maximum atomic E-state index is 12.1. The highest BCUT2D eigenvalue weighted by Crippen LogP contribution is 2.26. The Morgan fingerprint density at radius 2 is 2.19 bits per heavy atom. The van der Waals surface area contributed by atoms with E-state index in [1.54, 1.807) is 7.11 Å². The third-order valence-corrected chi connectivity index (χ3v) is 2.96. The normalized spacial score (nSPS) is 13.2. The van der Waals surface area contributed by atoms with E-state index in [0.717, 1.165) is 29.1 Å². The van der Waals surface area contributed by atoms with E-state index in [-0.39, 0.29) is 5.78 Å². The van der Waals surface area contributed by atoms with Gasteiger partial charge in [-0.05, 0) is 35.9 Å². The van der Waals surface area contributed by atoms with Crippen molar-refractivity contribution in [2.75, 3.05) is 7.11 Å². The number of nitrogens with zero attached hydrogens (tertiary/aromatic N) is 1. The molecule has 0 atom stereocenters. The van der Waals surface area contributed by atoms with Crippen LogP contribution in [0.5, 0.6) is 5.75 Å². The summed E-state index contributed by atoms with van der Waals surface area (Å²) in [6, 6.07) is 9.35. The maximum absolute atomic E-state index is 12.1. The van der Waals surface area contributed by atoms with Gasteiger partial charge in [0, 0.05) is 18.3 Å². The molecule has 16 heavy (non-hydrogen) atoms. The molecule has 3 rings (SSSR count). The lowest BCUT2D eigenvalue weighted by atomic mass is 9.98. The summed E-state index contributed by atoms with van der Waals surface area (Å²) in [5.74, 6) is 0.885. The molecule has 3 heteroatoms. The molecule has 2 heterocycles. The van der Waals surface area contributed by atoms with Crippen molar-refractivity contribution in [3.63, 3.8) is 0 Å². The zero-order valence-corrected chi connectivity index (χ0v) is 8.93. The van der Waals surface area contributed by atoms with Crippen molar-refractivity contribution in [2.45, 2.75) is 6.54 Å². The number of carbonyl (C=O) groups is 1. The third kappa shape index (κ3) is 1.18. The van der Waals surface area contributed by atoms with Crippen molar-refractivity contribution in [3.05, 3.63) is 53.3 Å². The minimum atomic E-state index is 0.0916. The van der Waals surface area contributed by atoms with E-state index >= 15 is 0 Å². The molecule has 0 N–H and O–H groups in total. The maximum Gasteiger partial charge on any atom is 0.209 e. The van der Waals surface area contributed by atoms with Gasteiger partial charge in [-0.15, -0.1) is 0 Å². The average molecular weight is 213 g/mol. The van der Waals surface area contributed by atoms with Gasteiger partial charge in [0.25, 0.3) is 0 Å². The van der Waals surface area contributed by atoms with Crippen LogP contribution in [0.25, 0.3) is 0 Å². The second-order valence-corrected chi connectivity index (χ2v) is 3.87. The van der Waals surface area contributed by atoms with E-state index in [4.69, 9.17) is 4.74 Å². The molecule has 0 saturated heterocycles. The van der Waals surface area contributed by atoms with E-state index in [2.05, 4.69) is 0 Å². The van der Waals surface area contributed by atoms with Gasteiger partial charge in [0.15, 0.2) is 0 Å². The Kier molecular flexibility index (Phi) is 1.86. The van der Waals surface area contributed by atoms with Crippen molar-refractivity contribution in [2.24, 2.45) is 0 Å². The van der Waals surface area contributed by atoms with E-state index in [0.29, 0.717) is 0 Å². The fraction of sp³-hybridized carbons (Fsp3) is 0.154. The van der Waals surface area contributed by atoms with Crippen molar-refractivity contribution in [3.8, 4) is 5.75 Å². The van der Waals surface area contributed by atoms with Gasteiger partial charge in [-0.2, -0.15) is 0 Å². The standard InChI is InChI=1S/C13H11NO2/c1-16-10-4-5-11-9(7-10)8-14-6-2-3-12(14)13(11)15/h2-7H,8H2,1H3. The molecule has 0 unspecified atom stereocenters. The monoisotopic (exact) mass is 213 g/mol. The molecule has 1 aromatic carbocycles. The molecule has 1 aliphatic rings. The smallest absolute Gasteiger partial charge is 0.209 e. The number of methoxy groups -OCH3 is 1. The molecule has 0 amide bonds. The van der Waals surface area contributed by atoms with Crippen molar-refractivity contribution in [1.29, 1.82) is 0 Å². The number of hydrogen-bond donors (Lipinski definition) is 0. The highest BCUT2D eigenvalue weighted by molar-refractivity contribution is 6.10. The van der Waals surface area contributed by atoms with Crippen LogP contribution < -0.4 is 4.74 Å². The van der Waals surface area contributed by atoms with Crippen LogP contribution in [-0.4, -0.2) is 17.5 Å². The van der Waals surface area contributed by atoms with Crippen LogP contribution in [0.15, 0.2) is 36.5 Å². The van der Waals surface area contributed by atoms with Crippen LogP contribution in [0.1, 0.15) is 21.6 Å². The Balaban J connectivity index is 2.16. The van der Waals surface area contributed by atoms with Gasteiger partial charge < -0.3 is 9.30 Å². The minimum absolute atomic E-state index is 0.0916. The lowest BCUT2D eigenvalue weighted by Crippen LogP contribution is -2.19. The number of ether oxygens (including phenoxy) is 1. The number of fused-ring (bicyclic) bond motifs is 2. The molecule has 0 saturated carbocycles.